The van der Waals surface area contributed by atoms with E-state index in [2.05, 4.69) is 34.9 Å². The van der Waals surface area contributed by atoms with E-state index in [0.717, 1.165) is 60.8 Å². The molecule has 6 nitrogen and oxygen atoms in total. The third-order valence-corrected chi connectivity index (χ3v) is 7.08. The molecule has 0 unspecified atom stereocenters. The maximum Gasteiger partial charge on any atom is 0.227 e. The van der Waals surface area contributed by atoms with E-state index in [-0.39, 0.29) is 0 Å². The summed E-state index contributed by atoms with van der Waals surface area (Å²) in [5.41, 5.74) is 8.45. The number of fused-ring (bicyclic) bond motifs is 5. The molecule has 8 aromatic rings. The van der Waals surface area contributed by atoms with Crippen LogP contribution in [0.4, 0.5) is 0 Å². The van der Waals surface area contributed by atoms with Crippen LogP contribution in [-0.4, -0.2) is 14.5 Å². The first kappa shape index (κ1) is 21.4. The lowest BCUT2D eigenvalue weighted by atomic mass is 10.1. The van der Waals surface area contributed by atoms with E-state index in [1.54, 1.807) is 0 Å². The molecule has 182 valence electrons. The zero-order valence-electron chi connectivity index (χ0n) is 20.5. The molecule has 0 fully saturated rings. The topological polar surface area (TPSA) is 80.8 Å². The van der Waals surface area contributed by atoms with Gasteiger partial charge in [-0.05, 0) is 78.9 Å². The molecular formula is C33H18N4O2. The van der Waals surface area contributed by atoms with Crippen molar-refractivity contribution in [3.8, 4) is 34.7 Å². The zero-order chi connectivity index (χ0) is 25.9. The molecule has 0 bridgehead atoms. The summed E-state index contributed by atoms with van der Waals surface area (Å²) in [6.45, 7) is 0. The van der Waals surface area contributed by atoms with Crippen LogP contribution in [0.5, 0.6) is 0 Å². The Morgan fingerprint density at radius 2 is 1.15 bits per heavy atom. The lowest BCUT2D eigenvalue weighted by Gasteiger charge is -2.08. The van der Waals surface area contributed by atoms with Crippen LogP contribution in [0.2, 0.25) is 0 Å². The maximum absolute atomic E-state index is 9.54. The molecule has 0 aliphatic heterocycles. The van der Waals surface area contributed by atoms with E-state index in [1.165, 1.54) is 0 Å². The van der Waals surface area contributed by atoms with Crippen molar-refractivity contribution in [1.82, 2.24) is 14.5 Å². The van der Waals surface area contributed by atoms with Gasteiger partial charge in [0, 0.05) is 27.6 Å². The quantitative estimate of drug-likeness (QED) is 0.243. The van der Waals surface area contributed by atoms with Crippen molar-refractivity contribution in [3.63, 3.8) is 0 Å². The second-order valence-electron chi connectivity index (χ2n) is 9.43. The molecule has 3 aromatic heterocycles. The van der Waals surface area contributed by atoms with Gasteiger partial charge in [0.1, 0.15) is 11.0 Å². The number of hydrogen-bond acceptors (Lipinski definition) is 5. The molecule has 0 saturated heterocycles. The number of benzene rings is 5. The second-order valence-corrected chi connectivity index (χ2v) is 9.43. The second kappa shape index (κ2) is 8.17. The molecule has 6 heteroatoms. The molecule has 0 saturated carbocycles. The van der Waals surface area contributed by atoms with Crippen molar-refractivity contribution in [2.24, 2.45) is 0 Å². The average Bonchev–Trinajstić information content (AvgIpc) is 3.70. The number of hydrogen-bond donors (Lipinski definition) is 0. The molecule has 0 aliphatic rings. The first-order chi connectivity index (χ1) is 19.2. The number of oxazole rings is 2. The van der Waals surface area contributed by atoms with Gasteiger partial charge in [0.05, 0.1) is 22.7 Å². The minimum atomic E-state index is 0.570. The highest BCUT2D eigenvalue weighted by atomic mass is 16.4. The van der Waals surface area contributed by atoms with Gasteiger partial charge in [-0.2, -0.15) is 5.26 Å². The van der Waals surface area contributed by atoms with Crippen molar-refractivity contribution in [3.05, 3.63) is 115 Å². The Kier molecular flexibility index (Phi) is 4.49. The van der Waals surface area contributed by atoms with E-state index in [1.807, 2.05) is 84.9 Å². The molecule has 5 aromatic carbocycles. The Labute approximate surface area is 222 Å². The van der Waals surface area contributed by atoms with Crippen LogP contribution >= 0.6 is 0 Å². The van der Waals surface area contributed by atoms with Crippen molar-refractivity contribution < 1.29 is 8.83 Å². The van der Waals surface area contributed by atoms with E-state index >= 15 is 0 Å². The monoisotopic (exact) mass is 502 g/mol. The Balaban J connectivity index is 1.40. The predicted octanol–water partition coefficient (Wildman–Crippen LogP) is 8.27. The number of nitriles is 1. The van der Waals surface area contributed by atoms with Gasteiger partial charge in [0.2, 0.25) is 11.8 Å². The Bertz CT molecular complexity index is 2060. The summed E-state index contributed by atoms with van der Waals surface area (Å²) in [5.74, 6) is 1.14. The lowest BCUT2D eigenvalue weighted by Crippen LogP contribution is -1.94. The van der Waals surface area contributed by atoms with Crippen LogP contribution in [0.25, 0.3) is 72.6 Å². The van der Waals surface area contributed by atoms with Crippen LogP contribution in [0.3, 0.4) is 0 Å². The first-order valence-electron chi connectivity index (χ1n) is 12.6. The molecule has 39 heavy (non-hydrogen) atoms. The molecule has 3 heterocycles. The number of nitrogens with zero attached hydrogens (tertiary/aromatic N) is 4. The standard InChI is InChI=1S/C33H18N4O2/c34-19-20-6-5-7-23(16-20)37-28-14-12-21(32-35-26-8-1-3-10-30(26)38-32)17-24(28)25-18-22(13-15-29(25)37)33-36-27-9-2-4-11-31(27)39-33/h1-18H. The Morgan fingerprint density at radius 3 is 1.69 bits per heavy atom. The molecule has 0 atom stereocenters. The highest BCUT2D eigenvalue weighted by molar-refractivity contribution is 6.11. The first-order valence-corrected chi connectivity index (χ1v) is 12.6. The van der Waals surface area contributed by atoms with E-state index in [9.17, 15) is 5.26 Å². The molecule has 0 N–H and O–H groups in total. The molecule has 0 spiro atoms. The van der Waals surface area contributed by atoms with Crippen molar-refractivity contribution in [1.29, 1.82) is 5.26 Å². The summed E-state index contributed by atoms with van der Waals surface area (Å²) in [6.07, 6.45) is 0. The SMILES string of the molecule is N#Cc1cccc(-n2c3ccc(-c4nc5ccccc5o4)cc3c3cc(-c4nc5ccccc5o4)ccc32)c1. The van der Waals surface area contributed by atoms with Gasteiger partial charge in [-0.15, -0.1) is 0 Å². The summed E-state index contributed by atoms with van der Waals surface area (Å²) in [6, 6.07) is 37.9. The summed E-state index contributed by atoms with van der Waals surface area (Å²) in [5, 5.41) is 11.6. The molecule has 8 rings (SSSR count). The molecule has 0 amide bonds. The lowest BCUT2D eigenvalue weighted by molar-refractivity contribution is 0.619. The molecule has 0 aliphatic carbocycles. The van der Waals surface area contributed by atoms with Crippen molar-refractivity contribution in [2.75, 3.05) is 0 Å². The largest absolute Gasteiger partial charge is 0.436 e. The number of rotatable bonds is 3. The predicted molar refractivity (Wildman–Crippen MR) is 152 cm³/mol. The third kappa shape index (κ3) is 3.34. The van der Waals surface area contributed by atoms with E-state index in [0.29, 0.717) is 17.3 Å². The highest BCUT2D eigenvalue weighted by Gasteiger charge is 2.18. The van der Waals surface area contributed by atoms with Crippen LogP contribution < -0.4 is 0 Å². The zero-order valence-corrected chi connectivity index (χ0v) is 20.5. The maximum atomic E-state index is 9.54. The number of aromatic nitrogens is 3. The van der Waals surface area contributed by atoms with Crippen molar-refractivity contribution in [2.45, 2.75) is 0 Å². The highest BCUT2D eigenvalue weighted by Crippen LogP contribution is 2.38. The fourth-order valence-electron chi connectivity index (χ4n) is 5.27. The summed E-state index contributed by atoms with van der Waals surface area (Å²) in [4.78, 5) is 9.42. The van der Waals surface area contributed by atoms with Crippen LogP contribution in [0, 0.1) is 11.3 Å². The Morgan fingerprint density at radius 1 is 0.590 bits per heavy atom. The molecular weight excluding hydrogens is 484 g/mol. The van der Waals surface area contributed by atoms with E-state index < -0.39 is 0 Å². The smallest absolute Gasteiger partial charge is 0.227 e. The summed E-state index contributed by atoms with van der Waals surface area (Å²) < 4.78 is 14.3. The van der Waals surface area contributed by atoms with Gasteiger partial charge in [0.15, 0.2) is 11.2 Å². The minimum Gasteiger partial charge on any atom is -0.436 e. The molecule has 0 radical (unpaired) electrons. The number of para-hydroxylation sites is 4. The normalized spacial score (nSPS) is 11.6. The van der Waals surface area contributed by atoms with Gasteiger partial charge in [-0.25, -0.2) is 9.97 Å². The van der Waals surface area contributed by atoms with Gasteiger partial charge in [0.25, 0.3) is 0 Å². The van der Waals surface area contributed by atoms with Gasteiger partial charge < -0.3 is 13.4 Å². The summed E-state index contributed by atoms with van der Waals surface area (Å²) in [7, 11) is 0. The van der Waals surface area contributed by atoms with Crippen LogP contribution in [0.15, 0.2) is 118 Å². The van der Waals surface area contributed by atoms with Crippen LogP contribution in [-0.2, 0) is 0 Å². The minimum absolute atomic E-state index is 0.570. The van der Waals surface area contributed by atoms with Crippen molar-refractivity contribution >= 4 is 44.0 Å². The third-order valence-electron chi connectivity index (χ3n) is 7.08. The van der Waals surface area contributed by atoms with E-state index in [4.69, 9.17) is 18.8 Å². The van der Waals surface area contributed by atoms with Gasteiger partial charge in [-0.3, -0.25) is 0 Å². The average molecular weight is 503 g/mol. The van der Waals surface area contributed by atoms with Gasteiger partial charge >= 0.3 is 0 Å². The van der Waals surface area contributed by atoms with Crippen LogP contribution in [0.1, 0.15) is 5.56 Å². The Hall–Kier alpha value is -5.67. The van der Waals surface area contributed by atoms with Gasteiger partial charge in [-0.1, -0.05) is 30.3 Å². The fourth-order valence-corrected chi connectivity index (χ4v) is 5.27. The fraction of sp³-hybridized carbons (Fsp3) is 0. The summed E-state index contributed by atoms with van der Waals surface area (Å²) >= 11 is 0.